The highest BCUT2D eigenvalue weighted by molar-refractivity contribution is 6.22. The molecule has 1 aliphatic heterocycles. The van der Waals surface area contributed by atoms with Gasteiger partial charge in [-0.1, -0.05) is 127 Å². The van der Waals surface area contributed by atoms with Gasteiger partial charge in [-0.2, -0.15) is 0 Å². The first-order valence-corrected chi connectivity index (χ1v) is 23.0. The van der Waals surface area contributed by atoms with Crippen LogP contribution in [0.4, 0.5) is 0 Å². The van der Waals surface area contributed by atoms with E-state index in [2.05, 4.69) is 209 Å². The van der Waals surface area contributed by atoms with E-state index in [1.807, 2.05) is 18.2 Å². The Bertz CT molecular complexity index is 4490. The molecule has 7 nitrogen and oxygen atoms in total. The Morgan fingerprint density at radius 3 is 1.81 bits per heavy atom. The molecule has 4 aromatic heterocycles. The summed E-state index contributed by atoms with van der Waals surface area (Å²) in [6.45, 7) is 0. The molecule has 1 atom stereocenters. The van der Waals surface area contributed by atoms with E-state index in [0.717, 1.165) is 116 Å². The van der Waals surface area contributed by atoms with E-state index in [1.54, 1.807) is 0 Å². The van der Waals surface area contributed by atoms with E-state index in [1.165, 1.54) is 10.8 Å². The minimum atomic E-state index is -0.516. The molecule has 1 N–H and O–H groups in total. The third kappa shape index (κ3) is 5.41. The molecule has 0 aliphatic carbocycles. The molecule has 1 aliphatic rings. The summed E-state index contributed by atoms with van der Waals surface area (Å²) in [6.07, 6.45) is -0.516. The SMILES string of the molecule is c1ccc(-n2c3ccccc3c3cc(C4=NC(c5ccc6c(c5)oc5ccccc56)NC(c5ccc6c(oc7ccccc76)c5-n5c6ccccc6c6cc7ccccc7cc65)=N4)ccc32)cc1. The molecule has 0 saturated carbocycles. The topological polar surface area (TPSA) is 72.9 Å². The Morgan fingerprint density at radius 2 is 1.01 bits per heavy atom. The van der Waals surface area contributed by atoms with Crippen LogP contribution in [0.1, 0.15) is 22.9 Å². The summed E-state index contributed by atoms with van der Waals surface area (Å²) in [4.78, 5) is 11.0. The summed E-state index contributed by atoms with van der Waals surface area (Å²) in [5.74, 6) is 1.30. The van der Waals surface area contributed by atoms with Gasteiger partial charge in [-0.3, -0.25) is 0 Å². The van der Waals surface area contributed by atoms with Crippen molar-refractivity contribution in [3.63, 3.8) is 0 Å². The second kappa shape index (κ2) is 14.1. The van der Waals surface area contributed by atoms with Crippen LogP contribution in [0.5, 0.6) is 0 Å². The van der Waals surface area contributed by atoms with Crippen LogP contribution in [0, 0.1) is 0 Å². The molecule has 0 saturated heterocycles. The standard InChI is InChI=1S/C61H37N5O2/c1-2-16-40(17-3-1)65-50-22-10-6-18-41(50)48-33-38(27-31-52(48)65)59-62-60(39-26-28-45-43-20-8-12-24-54(43)67-56(45)35-39)64-61(63-59)47-30-29-46-44-21-9-13-25-55(44)68-58(46)57(47)66-51-23-11-7-19-42(51)49-32-36-14-4-5-15-37(36)34-53(49)66/h1-35,60H,(H,62,63,64). The third-order valence-electron chi connectivity index (χ3n) is 13.9. The molecule has 1 unspecified atom stereocenters. The number of aromatic nitrogens is 2. The number of hydrogen-bond acceptors (Lipinski definition) is 5. The molecule has 318 valence electrons. The number of rotatable bonds is 5. The molecule has 0 radical (unpaired) electrons. The first-order valence-electron chi connectivity index (χ1n) is 23.0. The van der Waals surface area contributed by atoms with Crippen LogP contribution in [0.2, 0.25) is 0 Å². The summed E-state index contributed by atoms with van der Waals surface area (Å²) in [6, 6.07) is 75.0. The van der Waals surface area contributed by atoms with Crippen molar-refractivity contribution in [2.24, 2.45) is 9.98 Å². The van der Waals surface area contributed by atoms with Crippen molar-refractivity contribution in [3.05, 3.63) is 229 Å². The predicted octanol–water partition coefficient (Wildman–Crippen LogP) is 15.3. The number of fused-ring (bicyclic) bond motifs is 13. The van der Waals surface area contributed by atoms with Crippen LogP contribution in [-0.4, -0.2) is 20.8 Å². The lowest BCUT2D eigenvalue weighted by Gasteiger charge is -2.25. The minimum absolute atomic E-state index is 0.516. The predicted molar refractivity (Wildman–Crippen MR) is 279 cm³/mol. The average Bonchev–Trinajstić information content (AvgIpc) is 4.15. The van der Waals surface area contributed by atoms with Crippen molar-refractivity contribution < 1.29 is 8.83 Å². The normalized spacial score (nSPS) is 14.3. The van der Waals surface area contributed by atoms with Gasteiger partial charge in [0.1, 0.15) is 34.4 Å². The Morgan fingerprint density at radius 1 is 0.412 bits per heavy atom. The molecule has 14 aromatic rings. The Balaban J connectivity index is 1.00. The van der Waals surface area contributed by atoms with Gasteiger partial charge in [-0.05, 0) is 95.7 Å². The van der Waals surface area contributed by atoms with E-state index in [4.69, 9.17) is 18.8 Å². The van der Waals surface area contributed by atoms with Crippen molar-refractivity contribution in [2.75, 3.05) is 0 Å². The number of furan rings is 2. The van der Waals surface area contributed by atoms with E-state index in [-0.39, 0.29) is 0 Å². The quantitative estimate of drug-likeness (QED) is 0.187. The Kier molecular flexibility index (Phi) is 7.71. The second-order valence-corrected chi connectivity index (χ2v) is 17.7. The lowest BCUT2D eigenvalue weighted by atomic mass is 10.0. The fraction of sp³-hybridized carbons (Fsp3) is 0.0164. The van der Waals surface area contributed by atoms with E-state index in [0.29, 0.717) is 11.7 Å². The van der Waals surface area contributed by atoms with E-state index < -0.39 is 6.17 Å². The van der Waals surface area contributed by atoms with Crippen molar-refractivity contribution in [1.29, 1.82) is 0 Å². The molecule has 15 rings (SSSR count). The molecular weight excluding hydrogens is 835 g/mol. The first-order chi connectivity index (χ1) is 33.7. The van der Waals surface area contributed by atoms with Gasteiger partial charge in [0.2, 0.25) is 0 Å². The lowest BCUT2D eigenvalue weighted by molar-refractivity contribution is 0.654. The maximum atomic E-state index is 7.00. The van der Waals surface area contributed by atoms with Gasteiger partial charge < -0.3 is 23.3 Å². The van der Waals surface area contributed by atoms with Crippen LogP contribution < -0.4 is 5.32 Å². The zero-order chi connectivity index (χ0) is 44.5. The largest absolute Gasteiger partial charge is 0.456 e. The molecule has 10 aromatic carbocycles. The number of nitrogens with one attached hydrogen (secondary N) is 1. The van der Waals surface area contributed by atoms with Crippen molar-refractivity contribution in [1.82, 2.24) is 14.5 Å². The van der Waals surface area contributed by atoms with Crippen molar-refractivity contribution in [3.8, 4) is 11.4 Å². The fourth-order valence-electron chi connectivity index (χ4n) is 10.8. The molecule has 0 amide bonds. The highest BCUT2D eigenvalue weighted by Gasteiger charge is 2.29. The average molecular weight is 872 g/mol. The molecule has 0 bridgehead atoms. The minimum Gasteiger partial charge on any atom is -0.456 e. The fourth-order valence-corrected chi connectivity index (χ4v) is 10.8. The van der Waals surface area contributed by atoms with Gasteiger partial charge in [0.15, 0.2) is 11.4 Å². The number of para-hydroxylation sites is 5. The number of benzene rings is 10. The highest BCUT2D eigenvalue weighted by Crippen LogP contribution is 2.42. The highest BCUT2D eigenvalue weighted by atomic mass is 16.3. The molecule has 68 heavy (non-hydrogen) atoms. The smallest absolute Gasteiger partial charge is 0.160 e. The van der Waals surface area contributed by atoms with Crippen LogP contribution in [0.3, 0.4) is 0 Å². The first kappa shape index (κ1) is 37.1. The van der Waals surface area contributed by atoms with Gasteiger partial charge in [0.05, 0.1) is 22.1 Å². The second-order valence-electron chi connectivity index (χ2n) is 17.7. The molecular formula is C61H37N5O2. The van der Waals surface area contributed by atoms with Crippen LogP contribution in [0.25, 0.3) is 110 Å². The molecule has 5 heterocycles. The summed E-state index contributed by atoms with van der Waals surface area (Å²) < 4.78 is 18.2. The van der Waals surface area contributed by atoms with Crippen LogP contribution in [-0.2, 0) is 0 Å². The van der Waals surface area contributed by atoms with E-state index in [9.17, 15) is 0 Å². The van der Waals surface area contributed by atoms with Gasteiger partial charge in [-0.15, -0.1) is 0 Å². The number of amidine groups is 2. The molecule has 0 fully saturated rings. The number of aliphatic imine (C=N–C) groups is 2. The van der Waals surface area contributed by atoms with Crippen LogP contribution in [0.15, 0.2) is 231 Å². The summed E-state index contributed by atoms with van der Waals surface area (Å²) >= 11 is 0. The number of nitrogens with zero attached hydrogens (tertiary/aromatic N) is 4. The van der Waals surface area contributed by atoms with Gasteiger partial charge in [0, 0.05) is 65.5 Å². The van der Waals surface area contributed by atoms with Crippen molar-refractivity contribution >= 4 is 110 Å². The summed E-state index contributed by atoms with van der Waals surface area (Å²) in [5.41, 5.74) is 12.4. The third-order valence-corrected chi connectivity index (χ3v) is 13.9. The van der Waals surface area contributed by atoms with Crippen LogP contribution >= 0.6 is 0 Å². The zero-order valence-corrected chi connectivity index (χ0v) is 36.4. The van der Waals surface area contributed by atoms with E-state index >= 15 is 0 Å². The maximum Gasteiger partial charge on any atom is 0.160 e. The monoisotopic (exact) mass is 871 g/mol. The number of hydrogen-bond donors (Lipinski definition) is 1. The van der Waals surface area contributed by atoms with Gasteiger partial charge in [0.25, 0.3) is 0 Å². The Hall–Kier alpha value is -9.20. The molecule has 0 spiro atoms. The Labute approximate surface area is 388 Å². The summed E-state index contributed by atoms with van der Waals surface area (Å²) in [5, 5.41) is 15.1. The van der Waals surface area contributed by atoms with Gasteiger partial charge in [-0.25, -0.2) is 9.98 Å². The van der Waals surface area contributed by atoms with Gasteiger partial charge >= 0.3 is 0 Å². The van der Waals surface area contributed by atoms with Crippen molar-refractivity contribution in [2.45, 2.75) is 6.17 Å². The molecule has 7 heteroatoms. The zero-order valence-electron chi connectivity index (χ0n) is 36.4. The lowest BCUT2D eigenvalue weighted by Crippen LogP contribution is -2.34. The summed E-state index contributed by atoms with van der Waals surface area (Å²) in [7, 11) is 0. The maximum absolute atomic E-state index is 7.00.